The fourth-order valence-electron chi connectivity index (χ4n) is 1.50. The van der Waals surface area contributed by atoms with E-state index in [1.807, 2.05) is 0 Å². The van der Waals surface area contributed by atoms with E-state index in [2.05, 4.69) is 10.1 Å². The van der Waals surface area contributed by atoms with Crippen LogP contribution in [0, 0.1) is 0 Å². The first-order valence-corrected chi connectivity index (χ1v) is 5.27. The molecule has 0 saturated carbocycles. The minimum atomic E-state index is -1.10. The van der Waals surface area contributed by atoms with Crippen molar-refractivity contribution in [2.75, 3.05) is 40.1 Å². The van der Waals surface area contributed by atoms with E-state index < -0.39 is 18.2 Å². The van der Waals surface area contributed by atoms with Gasteiger partial charge >= 0.3 is 5.97 Å². The van der Waals surface area contributed by atoms with Gasteiger partial charge in [0, 0.05) is 26.7 Å². The van der Waals surface area contributed by atoms with Crippen LogP contribution in [0.4, 0.5) is 0 Å². The number of aliphatic carboxylic acids is 1. The quantitative estimate of drug-likeness (QED) is 0.600. The second kappa shape index (κ2) is 6.53. The van der Waals surface area contributed by atoms with Crippen LogP contribution in [-0.4, -0.2) is 62.7 Å². The van der Waals surface area contributed by atoms with Gasteiger partial charge in [-0.1, -0.05) is 0 Å². The maximum Gasteiger partial charge on any atom is 0.329 e. The van der Waals surface area contributed by atoms with Crippen molar-refractivity contribution in [1.29, 1.82) is 0 Å². The van der Waals surface area contributed by atoms with Crippen LogP contribution in [-0.2, 0) is 23.8 Å². The van der Waals surface area contributed by atoms with Gasteiger partial charge < -0.3 is 24.6 Å². The molecule has 0 bridgehead atoms. The summed E-state index contributed by atoms with van der Waals surface area (Å²) in [6.07, 6.45) is 0.722. The van der Waals surface area contributed by atoms with Gasteiger partial charge in [-0.25, -0.2) is 4.79 Å². The summed E-state index contributed by atoms with van der Waals surface area (Å²) in [5, 5.41) is 10.9. The fourth-order valence-corrected chi connectivity index (χ4v) is 1.50. The highest BCUT2D eigenvalue weighted by Crippen LogP contribution is 2.21. The molecule has 1 unspecified atom stereocenters. The van der Waals surface area contributed by atoms with E-state index in [0.29, 0.717) is 19.8 Å². The SMILES string of the molecule is COC1(CNC(=O)COCC(=O)O)CCOC1. The molecular weight excluding hydrogens is 230 g/mol. The average molecular weight is 247 g/mol. The topological polar surface area (TPSA) is 94.1 Å². The molecule has 7 nitrogen and oxygen atoms in total. The van der Waals surface area contributed by atoms with Gasteiger partial charge in [-0.3, -0.25) is 4.79 Å². The predicted molar refractivity (Wildman–Crippen MR) is 56.6 cm³/mol. The lowest BCUT2D eigenvalue weighted by Gasteiger charge is -2.25. The molecule has 0 radical (unpaired) electrons. The molecule has 0 aliphatic carbocycles. The fraction of sp³-hybridized carbons (Fsp3) is 0.800. The number of carboxylic acid groups (broad SMARTS) is 1. The highest BCUT2D eigenvalue weighted by Gasteiger charge is 2.35. The lowest BCUT2D eigenvalue weighted by Crippen LogP contribution is -2.46. The Hall–Kier alpha value is -1.18. The third-order valence-electron chi connectivity index (χ3n) is 2.57. The van der Waals surface area contributed by atoms with Crippen LogP contribution in [0.25, 0.3) is 0 Å². The van der Waals surface area contributed by atoms with E-state index in [1.165, 1.54) is 0 Å². The van der Waals surface area contributed by atoms with Crippen molar-refractivity contribution in [3.8, 4) is 0 Å². The second-order valence-electron chi connectivity index (χ2n) is 3.85. The summed E-state index contributed by atoms with van der Waals surface area (Å²) >= 11 is 0. The van der Waals surface area contributed by atoms with Gasteiger partial charge in [0.25, 0.3) is 0 Å². The van der Waals surface area contributed by atoms with Crippen molar-refractivity contribution in [3.05, 3.63) is 0 Å². The predicted octanol–water partition coefficient (Wildman–Crippen LogP) is -0.991. The molecule has 0 spiro atoms. The number of carbonyl (C=O) groups is 2. The highest BCUT2D eigenvalue weighted by molar-refractivity contribution is 5.77. The third kappa shape index (κ3) is 4.68. The Balaban J connectivity index is 2.20. The van der Waals surface area contributed by atoms with Crippen molar-refractivity contribution < 1.29 is 28.9 Å². The molecule has 1 aliphatic rings. The van der Waals surface area contributed by atoms with Crippen molar-refractivity contribution >= 4 is 11.9 Å². The summed E-state index contributed by atoms with van der Waals surface area (Å²) < 4.78 is 15.2. The van der Waals surface area contributed by atoms with E-state index in [9.17, 15) is 9.59 Å². The zero-order valence-corrected chi connectivity index (χ0v) is 9.73. The molecule has 2 N–H and O–H groups in total. The van der Waals surface area contributed by atoms with Gasteiger partial charge in [0.05, 0.1) is 6.61 Å². The molecule has 17 heavy (non-hydrogen) atoms. The summed E-state index contributed by atoms with van der Waals surface area (Å²) in [6, 6.07) is 0. The van der Waals surface area contributed by atoms with Crippen molar-refractivity contribution in [2.45, 2.75) is 12.0 Å². The van der Waals surface area contributed by atoms with Crippen molar-refractivity contribution in [3.63, 3.8) is 0 Å². The molecule has 1 rings (SSSR count). The van der Waals surface area contributed by atoms with Crippen LogP contribution in [0.3, 0.4) is 0 Å². The smallest absolute Gasteiger partial charge is 0.329 e. The summed E-state index contributed by atoms with van der Waals surface area (Å²) in [5.41, 5.74) is -0.470. The van der Waals surface area contributed by atoms with Gasteiger partial charge in [-0.2, -0.15) is 0 Å². The molecule has 1 amide bonds. The normalized spacial score (nSPS) is 23.6. The molecule has 0 aromatic rings. The molecule has 0 aromatic carbocycles. The first-order chi connectivity index (χ1) is 8.08. The van der Waals surface area contributed by atoms with Crippen LogP contribution in [0.2, 0.25) is 0 Å². The van der Waals surface area contributed by atoms with Crippen LogP contribution >= 0.6 is 0 Å². The highest BCUT2D eigenvalue weighted by atomic mass is 16.5. The first kappa shape index (κ1) is 13.9. The van der Waals surface area contributed by atoms with Gasteiger partial charge in [-0.05, 0) is 0 Å². The minimum absolute atomic E-state index is 0.271. The van der Waals surface area contributed by atoms with Crippen LogP contribution in [0.15, 0.2) is 0 Å². The third-order valence-corrected chi connectivity index (χ3v) is 2.57. The second-order valence-corrected chi connectivity index (χ2v) is 3.85. The maximum absolute atomic E-state index is 11.3. The standard InChI is InChI=1S/C10H17NO6/c1-15-10(2-3-16-7-10)6-11-8(12)4-17-5-9(13)14/h2-7H2,1H3,(H,11,12)(H,13,14). The summed E-state index contributed by atoms with van der Waals surface area (Å²) in [5.74, 6) is -1.47. The lowest BCUT2D eigenvalue weighted by atomic mass is 10.0. The molecule has 1 heterocycles. The molecule has 1 atom stereocenters. The molecule has 1 fully saturated rings. The molecule has 7 heteroatoms. The summed E-state index contributed by atoms with van der Waals surface area (Å²) in [6.45, 7) is 0.636. The molecular formula is C10H17NO6. The Labute approximate surface area is 99.0 Å². The van der Waals surface area contributed by atoms with E-state index in [-0.39, 0.29) is 12.5 Å². The van der Waals surface area contributed by atoms with E-state index in [4.69, 9.17) is 14.6 Å². The van der Waals surface area contributed by atoms with Gasteiger partial charge in [0.2, 0.25) is 5.91 Å². The number of methoxy groups -OCH3 is 1. The number of amides is 1. The zero-order chi connectivity index (χ0) is 12.7. The van der Waals surface area contributed by atoms with Gasteiger partial charge in [-0.15, -0.1) is 0 Å². The van der Waals surface area contributed by atoms with Crippen LogP contribution in [0.1, 0.15) is 6.42 Å². The Morgan fingerprint density at radius 2 is 2.24 bits per heavy atom. The van der Waals surface area contributed by atoms with Crippen LogP contribution < -0.4 is 5.32 Å². The number of hydrogen-bond donors (Lipinski definition) is 2. The number of ether oxygens (including phenoxy) is 3. The van der Waals surface area contributed by atoms with E-state index >= 15 is 0 Å². The van der Waals surface area contributed by atoms with Gasteiger partial charge in [0.1, 0.15) is 18.8 Å². The molecule has 1 aliphatic heterocycles. The Kier molecular flexibility index (Phi) is 5.33. The van der Waals surface area contributed by atoms with E-state index in [1.54, 1.807) is 7.11 Å². The Morgan fingerprint density at radius 1 is 1.47 bits per heavy atom. The molecule has 98 valence electrons. The number of hydrogen-bond acceptors (Lipinski definition) is 5. The first-order valence-electron chi connectivity index (χ1n) is 5.27. The Morgan fingerprint density at radius 3 is 2.76 bits per heavy atom. The monoisotopic (exact) mass is 247 g/mol. The Bertz CT molecular complexity index is 274. The lowest BCUT2D eigenvalue weighted by molar-refractivity contribution is -0.143. The largest absolute Gasteiger partial charge is 0.480 e. The zero-order valence-electron chi connectivity index (χ0n) is 9.73. The van der Waals surface area contributed by atoms with Crippen molar-refractivity contribution in [1.82, 2.24) is 5.32 Å². The average Bonchev–Trinajstić information content (AvgIpc) is 2.75. The molecule has 0 aromatic heterocycles. The number of carbonyl (C=O) groups excluding carboxylic acids is 1. The summed E-state index contributed by atoms with van der Waals surface area (Å²) in [4.78, 5) is 21.5. The van der Waals surface area contributed by atoms with Gasteiger partial charge in [0.15, 0.2) is 0 Å². The molecule has 1 saturated heterocycles. The number of carboxylic acids is 1. The van der Waals surface area contributed by atoms with E-state index in [0.717, 1.165) is 6.42 Å². The number of nitrogens with one attached hydrogen (secondary N) is 1. The maximum atomic E-state index is 11.3. The van der Waals surface area contributed by atoms with Crippen LogP contribution in [0.5, 0.6) is 0 Å². The summed E-state index contributed by atoms with van der Waals surface area (Å²) in [7, 11) is 1.57. The van der Waals surface area contributed by atoms with Crippen molar-refractivity contribution in [2.24, 2.45) is 0 Å². The number of rotatable bonds is 7. The minimum Gasteiger partial charge on any atom is -0.480 e.